The van der Waals surface area contributed by atoms with E-state index in [4.69, 9.17) is 27.1 Å². The lowest BCUT2D eigenvalue weighted by Gasteiger charge is -2.26. The molecule has 1 saturated heterocycles. The summed E-state index contributed by atoms with van der Waals surface area (Å²) >= 11 is 5.10. The van der Waals surface area contributed by atoms with E-state index in [1.54, 1.807) is 32.4 Å². The molecule has 1 aliphatic rings. The van der Waals surface area contributed by atoms with Crippen LogP contribution in [-0.2, 0) is 4.79 Å². The molecular weight excluding hydrogens is 276 g/mol. The van der Waals surface area contributed by atoms with E-state index >= 15 is 0 Å². The molecule has 0 bridgehead atoms. The van der Waals surface area contributed by atoms with Gasteiger partial charge in [0.1, 0.15) is 16.5 Å². The Kier molecular flexibility index (Phi) is 4.17. The van der Waals surface area contributed by atoms with Crippen LogP contribution in [0.2, 0.25) is 0 Å². The van der Waals surface area contributed by atoms with E-state index in [1.807, 2.05) is 0 Å². The summed E-state index contributed by atoms with van der Waals surface area (Å²) in [5, 5.41) is 9.95. The minimum atomic E-state index is -0.348. The number of nitrogens with one attached hydrogen (secondary N) is 2. The van der Waals surface area contributed by atoms with Crippen LogP contribution in [0, 0.1) is 5.41 Å². The van der Waals surface area contributed by atoms with Gasteiger partial charge in [-0.1, -0.05) is 12.2 Å². The van der Waals surface area contributed by atoms with Gasteiger partial charge in [0, 0.05) is 17.9 Å². The fraction of sp³-hybridized carbons (Fsp3) is 0.286. The normalized spacial score (nSPS) is 18.3. The molecule has 2 N–H and O–H groups in total. The first-order valence-corrected chi connectivity index (χ1v) is 6.37. The van der Waals surface area contributed by atoms with Crippen molar-refractivity contribution in [3.05, 3.63) is 29.3 Å². The number of carbonyl (C=O) groups excluding carboxylic acids is 1. The first-order chi connectivity index (χ1) is 9.60. The maximum Gasteiger partial charge on any atom is 0.226 e. The summed E-state index contributed by atoms with van der Waals surface area (Å²) in [7, 11) is 3.12. The van der Waals surface area contributed by atoms with E-state index in [-0.39, 0.29) is 23.2 Å². The zero-order valence-corrected chi connectivity index (χ0v) is 12.0. The van der Waals surface area contributed by atoms with Gasteiger partial charge in [-0.2, -0.15) is 0 Å². The molecule has 1 amide bonds. The van der Waals surface area contributed by atoms with E-state index in [9.17, 15) is 4.79 Å². The lowest BCUT2D eigenvalue weighted by Crippen LogP contribution is -2.39. The minimum absolute atomic E-state index is 0.177. The maximum absolute atomic E-state index is 11.7. The molecule has 0 aromatic heterocycles. The highest BCUT2D eigenvalue weighted by Crippen LogP contribution is 2.37. The number of benzene rings is 1. The van der Waals surface area contributed by atoms with Crippen molar-refractivity contribution in [3.63, 3.8) is 0 Å². The molecule has 1 aromatic carbocycles. The second-order valence-electron chi connectivity index (χ2n) is 4.28. The molecule has 2 rings (SSSR count). The van der Waals surface area contributed by atoms with E-state index < -0.39 is 0 Å². The lowest BCUT2D eigenvalue weighted by molar-refractivity contribution is -0.120. The van der Waals surface area contributed by atoms with Crippen LogP contribution in [0.25, 0.3) is 0 Å². The van der Waals surface area contributed by atoms with Crippen molar-refractivity contribution < 1.29 is 14.3 Å². The van der Waals surface area contributed by atoms with Crippen LogP contribution in [0.1, 0.15) is 17.9 Å². The molecule has 1 fully saturated rings. The summed E-state index contributed by atoms with van der Waals surface area (Å²) < 4.78 is 10.5. The number of rotatable bonds is 3. The SMILES string of the molecule is COc1ccc(OC)c(C2CC(=O)NC(=S)C2=C=N)c1. The second kappa shape index (κ2) is 5.86. The summed E-state index contributed by atoms with van der Waals surface area (Å²) in [6, 6.07) is 5.34. The highest BCUT2D eigenvalue weighted by molar-refractivity contribution is 7.80. The summed E-state index contributed by atoms with van der Waals surface area (Å²) in [5.41, 5.74) is 1.24. The zero-order chi connectivity index (χ0) is 14.7. The monoisotopic (exact) mass is 290 g/mol. The molecular formula is C14H14N2O3S. The highest BCUT2D eigenvalue weighted by Gasteiger charge is 2.31. The molecule has 104 valence electrons. The Bertz CT molecular complexity index is 621. The van der Waals surface area contributed by atoms with E-state index in [0.717, 1.165) is 5.56 Å². The van der Waals surface area contributed by atoms with Crippen LogP contribution in [0.5, 0.6) is 11.5 Å². The number of hydrogen-bond donors (Lipinski definition) is 2. The summed E-state index contributed by atoms with van der Waals surface area (Å²) in [5.74, 6) is 3.08. The predicted molar refractivity (Wildman–Crippen MR) is 78.9 cm³/mol. The van der Waals surface area contributed by atoms with Crippen LogP contribution in [0.3, 0.4) is 0 Å². The van der Waals surface area contributed by atoms with Gasteiger partial charge in [0.25, 0.3) is 0 Å². The van der Waals surface area contributed by atoms with Crippen LogP contribution in [0.4, 0.5) is 0 Å². The van der Waals surface area contributed by atoms with E-state index in [0.29, 0.717) is 17.1 Å². The average Bonchev–Trinajstić information content (AvgIpc) is 2.45. The predicted octanol–water partition coefficient (Wildman–Crippen LogP) is 1.81. The number of thiocarbonyl (C=S) groups is 1. The van der Waals surface area contributed by atoms with Gasteiger partial charge in [0.15, 0.2) is 0 Å². The van der Waals surface area contributed by atoms with Crippen molar-refractivity contribution in [2.75, 3.05) is 14.2 Å². The lowest BCUT2D eigenvalue weighted by atomic mass is 9.85. The fourth-order valence-electron chi connectivity index (χ4n) is 2.21. The third-order valence-corrected chi connectivity index (χ3v) is 3.50. The standard InChI is InChI=1S/C14H14N2O3S/c1-18-8-3-4-12(19-2)10(5-8)9-6-13(17)16-14(20)11(9)7-15/h3-5,9,15H,6H2,1-2H3,(H,16,17,20). The third-order valence-electron chi connectivity index (χ3n) is 3.18. The molecule has 0 radical (unpaired) electrons. The van der Waals surface area contributed by atoms with Gasteiger partial charge in [-0.25, -0.2) is 0 Å². The zero-order valence-electron chi connectivity index (χ0n) is 11.1. The fourth-order valence-corrected chi connectivity index (χ4v) is 2.52. The van der Waals surface area contributed by atoms with Gasteiger partial charge in [0.05, 0.1) is 19.8 Å². The number of hydrogen-bond acceptors (Lipinski definition) is 5. The highest BCUT2D eigenvalue weighted by atomic mass is 32.1. The maximum atomic E-state index is 11.7. The van der Waals surface area contributed by atoms with Gasteiger partial charge in [-0.3, -0.25) is 10.2 Å². The molecule has 1 atom stereocenters. The molecule has 1 heterocycles. The van der Waals surface area contributed by atoms with Crippen LogP contribution in [-0.4, -0.2) is 31.0 Å². The Morgan fingerprint density at radius 2 is 2.15 bits per heavy atom. The number of methoxy groups -OCH3 is 2. The summed E-state index contributed by atoms with van der Waals surface area (Å²) in [6.07, 6.45) is 0.199. The Morgan fingerprint density at radius 3 is 2.75 bits per heavy atom. The smallest absolute Gasteiger partial charge is 0.226 e. The van der Waals surface area contributed by atoms with Crippen molar-refractivity contribution >= 4 is 29.0 Å². The molecule has 0 spiro atoms. The second-order valence-corrected chi connectivity index (χ2v) is 4.69. The molecule has 1 unspecified atom stereocenters. The van der Waals surface area contributed by atoms with Crippen molar-refractivity contribution in [3.8, 4) is 11.5 Å². The van der Waals surface area contributed by atoms with Crippen molar-refractivity contribution in [1.29, 1.82) is 5.41 Å². The first-order valence-electron chi connectivity index (χ1n) is 5.96. The minimum Gasteiger partial charge on any atom is -0.497 e. The number of amides is 1. The number of carbonyl (C=O) groups is 1. The van der Waals surface area contributed by atoms with E-state index in [1.165, 1.54) is 0 Å². The Labute approximate surface area is 122 Å². The van der Waals surface area contributed by atoms with Gasteiger partial charge in [-0.05, 0) is 24.1 Å². The third kappa shape index (κ3) is 2.57. The Hall–Kier alpha value is -2.17. The van der Waals surface area contributed by atoms with Gasteiger partial charge >= 0.3 is 0 Å². The molecule has 20 heavy (non-hydrogen) atoms. The van der Waals surface area contributed by atoms with Crippen molar-refractivity contribution in [1.82, 2.24) is 5.32 Å². The molecule has 1 aliphatic heterocycles. The number of piperidine rings is 1. The Morgan fingerprint density at radius 1 is 1.40 bits per heavy atom. The molecule has 1 aromatic rings. The van der Waals surface area contributed by atoms with Gasteiger partial charge < -0.3 is 14.8 Å². The largest absolute Gasteiger partial charge is 0.497 e. The van der Waals surface area contributed by atoms with E-state index in [2.05, 4.69) is 11.2 Å². The summed E-state index contributed by atoms with van der Waals surface area (Å²) in [6.45, 7) is 0. The Balaban J connectivity index is 2.54. The average molecular weight is 290 g/mol. The van der Waals surface area contributed by atoms with Gasteiger partial charge in [0.2, 0.25) is 5.91 Å². The molecule has 5 nitrogen and oxygen atoms in total. The molecule has 0 saturated carbocycles. The topological polar surface area (TPSA) is 71.4 Å². The van der Waals surface area contributed by atoms with Crippen LogP contribution >= 0.6 is 12.2 Å². The van der Waals surface area contributed by atoms with Crippen LogP contribution in [0.15, 0.2) is 23.8 Å². The number of ether oxygens (including phenoxy) is 2. The molecule has 0 aliphatic carbocycles. The summed E-state index contributed by atoms with van der Waals surface area (Å²) in [4.78, 5) is 11.9. The first kappa shape index (κ1) is 14.2. The van der Waals surface area contributed by atoms with Crippen LogP contribution < -0.4 is 14.8 Å². The quantitative estimate of drug-likeness (QED) is 0.506. The van der Waals surface area contributed by atoms with Crippen molar-refractivity contribution in [2.45, 2.75) is 12.3 Å². The van der Waals surface area contributed by atoms with Crippen molar-refractivity contribution in [2.24, 2.45) is 0 Å². The molecule has 6 heteroatoms. The van der Waals surface area contributed by atoms with Gasteiger partial charge in [-0.15, -0.1) is 0 Å².